The predicted octanol–water partition coefficient (Wildman–Crippen LogP) is 3.59. The molecule has 0 unspecified atom stereocenters. The van der Waals surface area contributed by atoms with Gasteiger partial charge in [0.15, 0.2) is 10.9 Å². The van der Waals surface area contributed by atoms with Crippen LogP contribution in [0.2, 0.25) is 0 Å². The number of thiazole rings is 1. The minimum Gasteiger partial charge on any atom is -0.472 e. The number of nitrogens with one attached hydrogen (secondary N) is 1. The number of pyridine rings is 1. The van der Waals surface area contributed by atoms with Crippen LogP contribution < -0.4 is 5.32 Å². The van der Waals surface area contributed by atoms with Gasteiger partial charge < -0.3 is 14.5 Å². The molecule has 8 heteroatoms. The maximum Gasteiger partial charge on any atom is 0.230 e. The first-order valence-electron chi connectivity index (χ1n) is 9.05. The van der Waals surface area contributed by atoms with Crippen LogP contribution in [0.4, 0.5) is 5.13 Å². The number of furan rings is 1. The number of carbonyl (C=O) groups excluding carboxylic acids is 2. The van der Waals surface area contributed by atoms with Crippen LogP contribution in [0.1, 0.15) is 28.1 Å². The van der Waals surface area contributed by atoms with Gasteiger partial charge in [-0.25, -0.2) is 4.98 Å². The van der Waals surface area contributed by atoms with E-state index in [0.717, 1.165) is 11.1 Å². The monoisotopic (exact) mass is 397 g/mol. The Morgan fingerprint density at radius 2 is 2.11 bits per heavy atom. The largest absolute Gasteiger partial charge is 0.472 e. The quantitative estimate of drug-likeness (QED) is 0.639. The van der Waals surface area contributed by atoms with Gasteiger partial charge in [0.1, 0.15) is 4.88 Å². The molecule has 1 N–H and O–H groups in total. The zero-order valence-corrected chi connectivity index (χ0v) is 15.9. The van der Waals surface area contributed by atoms with Crippen LogP contribution in [0.3, 0.4) is 0 Å². The van der Waals surface area contributed by atoms with E-state index in [1.165, 1.54) is 17.6 Å². The van der Waals surface area contributed by atoms with E-state index in [4.69, 9.17) is 9.15 Å². The second kappa shape index (κ2) is 8.45. The van der Waals surface area contributed by atoms with Crippen LogP contribution in [0.15, 0.2) is 47.5 Å². The standard InChI is InChI=1S/C20H19N3O4S/c24-16(10-13-2-1-6-21-11-13)22-20-23-17(15-5-9-27-12-15)19(28-20)18(25)14-3-7-26-8-4-14/h1-2,5-6,9,11-12,14H,3-4,7-8,10H2,(H,22,23,24). The van der Waals surface area contributed by atoms with E-state index in [2.05, 4.69) is 15.3 Å². The summed E-state index contributed by atoms with van der Waals surface area (Å²) in [4.78, 5) is 34.5. The fourth-order valence-electron chi connectivity index (χ4n) is 3.13. The van der Waals surface area contributed by atoms with E-state index < -0.39 is 0 Å². The Balaban J connectivity index is 1.56. The van der Waals surface area contributed by atoms with Gasteiger partial charge in [-0.1, -0.05) is 17.4 Å². The first-order chi connectivity index (χ1) is 13.7. The number of rotatable bonds is 6. The Morgan fingerprint density at radius 3 is 2.82 bits per heavy atom. The lowest BCUT2D eigenvalue weighted by atomic mass is 9.93. The number of ketones is 1. The van der Waals surface area contributed by atoms with E-state index in [1.807, 2.05) is 6.07 Å². The minimum absolute atomic E-state index is 0.0461. The summed E-state index contributed by atoms with van der Waals surface area (Å²) in [6, 6.07) is 5.39. The molecule has 0 aliphatic carbocycles. The molecule has 3 aromatic heterocycles. The fraction of sp³-hybridized carbons (Fsp3) is 0.300. The van der Waals surface area contributed by atoms with E-state index >= 15 is 0 Å². The van der Waals surface area contributed by atoms with Gasteiger partial charge in [0.25, 0.3) is 0 Å². The normalized spacial score (nSPS) is 14.7. The Bertz CT molecular complexity index is 947. The molecule has 0 radical (unpaired) electrons. The predicted molar refractivity (Wildman–Crippen MR) is 104 cm³/mol. The molecule has 1 fully saturated rings. The summed E-state index contributed by atoms with van der Waals surface area (Å²) >= 11 is 1.21. The van der Waals surface area contributed by atoms with Gasteiger partial charge in [0.2, 0.25) is 5.91 Å². The smallest absolute Gasteiger partial charge is 0.230 e. The molecule has 3 aromatic rings. The van der Waals surface area contributed by atoms with Gasteiger partial charge in [-0.15, -0.1) is 0 Å². The highest BCUT2D eigenvalue weighted by molar-refractivity contribution is 7.18. The van der Waals surface area contributed by atoms with Crippen molar-refractivity contribution in [1.82, 2.24) is 9.97 Å². The average molecular weight is 397 g/mol. The highest BCUT2D eigenvalue weighted by atomic mass is 32.1. The maximum absolute atomic E-state index is 13.1. The second-order valence-corrected chi connectivity index (χ2v) is 7.54. The van der Waals surface area contributed by atoms with E-state index in [9.17, 15) is 9.59 Å². The average Bonchev–Trinajstić information content (AvgIpc) is 3.38. The summed E-state index contributed by atoms with van der Waals surface area (Å²) < 4.78 is 10.5. The van der Waals surface area contributed by atoms with Crippen molar-refractivity contribution >= 4 is 28.2 Å². The van der Waals surface area contributed by atoms with E-state index in [1.54, 1.807) is 30.8 Å². The number of anilines is 1. The third-order valence-electron chi connectivity index (χ3n) is 4.57. The zero-order valence-electron chi connectivity index (χ0n) is 15.1. The SMILES string of the molecule is O=C(Cc1cccnc1)Nc1nc(-c2ccoc2)c(C(=O)C2CCOCC2)s1. The molecule has 144 valence electrons. The van der Waals surface area contributed by atoms with Crippen molar-refractivity contribution in [2.24, 2.45) is 5.92 Å². The van der Waals surface area contributed by atoms with Gasteiger partial charge in [-0.05, 0) is 30.5 Å². The zero-order chi connectivity index (χ0) is 19.3. The van der Waals surface area contributed by atoms with Gasteiger partial charge in [-0.2, -0.15) is 0 Å². The van der Waals surface area contributed by atoms with Crippen molar-refractivity contribution in [3.63, 3.8) is 0 Å². The van der Waals surface area contributed by atoms with Crippen molar-refractivity contribution < 1.29 is 18.7 Å². The van der Waals surface area contributed by atoms with E-state index in [0.29, 0.717) is 41.8 Å². The van der Waals surface area contributed by atoms with Crippen molar-refractivity contribution in [3.05, 3.63) is 53.6 Å². The van der Waals surface area contributed by atoms with Crippen LogP contribution in [-0.4, -0.2) is 34.9 Å². The Hall–Kier alpha value is -2.84. The first-order valence-corrected chi connectivity index (χ1v) is 9.86. The van der Waals surface area contributed by atoms with Crippen LogP contribution in [0, 0.1) is 5.92 Å². The lowest BCUT2D eigenvalue weighted by Crippen LogP contribution is -2.23. The van der Waals surface area contributed by atoms with Crippen LogP contribution in [0.25, 0.3) is 11.3 Å². The minimum atomic E-state index is -0.203. The lowest BCUT2D eigenvalue weighted by Gasteiger charge is -2.20. The Kier molecular flexibility index (Phi) is 5.59. The molecule has 0 spiro atoms. The lowest BCUT2D eigenvalue weighted by molar-refractivity contribution is -0.115. The highest BCUT2D eigenvalue weighted by Gasteiger charge is 2.28. The number of amides is 1. The Morgan fingerprint density at radius 1 is 1.25 bits per heavy atom. The Labute approximate surface area is 165 Å². The van der Waals surface area contributed by atoms with Crippen LogP contribution in [-0.2, 0) is 16.0 Å². The number of nitrogens with zero attached hydrogens (tertiary/aromatic N) is 2. The van der Waals surface area contributed by atoms with E-state index in [-0.39, 0.29) is 24.0 Å². The summed E-state index contributed by atoms with van der Waals surface area (Å²) in [6.45, 7) is 1.18. The summed E-state index contributed by atoms with van der Waals surface area (Å²) in [5, 5.41) is 3.21. The molecule has 0 saturated carbocycles. The highest BCUT2D eigenvalue weighted by Crippen LogP contribution is 2.35. The number of ether oxygens (including phenoxy) is 1. The van der Waals surface area contributed by atoms with Crippen molar-refractivity contribution in [1.29, 1.82) is 0 Å². The molecule has 1 aliphatic rings. The van der Waals surface area contributed by atoms with Crippen LogP contribution >= 0.6 is 11.3 Å². The molecular weight excluding hydrogens is 378 g/mol. The second-order valence-electron chi connectivity index (χ2n) is 6.55. The summed E-state index contributed by atoms with van der Waals surface area (Å²) in [5.41, 5.74) is 2.08. The van der Waals surface area contributed by atoms with Gasteiger partial charge in [0, 0.05) is 37.1 Å². The first kappa shape index (κ1) is 18.5. The maximum atomic E-state index is 13.1. The summed E-state index contributed by atoms with van der Waals surface area (Å²) in [7, 11) is 0. The topological polar surface area (TPSA) is 94.3 Å². The number of aromatic nitrogens is 2. The third kappa shape index (κ3) is 4.18. The molecule has 0 bridgehead atoms. The van der Waals surface area contributed by atoms with Crippen LogP contribution in [0.5, 0.6) is 0 Å². The van der Waals surface area contributed by atoms with Crippen molar-refractivity contribution in [2.75, 3.05) is 18.5 Å². The van der Waals surface area contributed by atoms with Gasteiger partial charge in [0.05, 0.1) is 24.6 Å². The van der Waals surface area contributed by atoms with Gasteiger partial charge >= 0.3 is 0 Å². The fourth-order valence-corrected chi connectivity index (χ4v) is 4.15. The van der Waals surface area contributed by atoms with Crippen molar-refractivity contribution in [3.8, 4) is 11.3 Å². The molecule has 4 heterocycles. The summed E-state index contributed by atoms with van der Waals surface area (Å²) in [5.74, 6) is -0.242. The number of Topliss-reactive ketones (excluding diaryl/α,β-unsaturated/α-hetero) is 1. The number of carbonyl (C=O) groups is 2. The molecule has 0 aromatic carbocycles. The molecule has 0 atom stereocenters. The molecule has 4 rings (SSSR count). The molecule has 7 nitrogen and oxygen atoms in total. The summed E-state index contributed by atoms with van der Waals surface area (Å²) in [6.07, 6.45) is 7.99. The molecular formula is C20H19N3O4S. The third-order valence-corrected chi connectivity index (χ3v) is 5.56. The van der Waals surface area contributed by atoms with Gasteiger partial charge in [-0.3, -0.25) is 14.6 Å². The molecule has 28 heavy (non-hydrogen) atoms. The molecule has 1 amide bonds. The number of hydrogen-bond acceptors (Lipinski definition) is 7. The molecule has 1 aliphatic heterocycles. The molecule has 1 saturated heterocycles. The number of hydrogen-bond donors (Lipinski definition) is 1. The van der Waals surface area contributed by atoms with Crippen molar-refractivity contribution in [2.45, 2.75) is 19.3 Å².